The Morgan fingerprint density at radius 2 is 1.98 bits per heavy atom. The van der Waals surface area contributed by atoms with Crippen molar-refractivity contribution in [1.29, 1.82) is 0 Å². The first-order valence-corrected chi connectivity index (χ1v) is 15.4. The largest absolute Gasteiger partial charge is 0.391 e. The number of hydrogen-bond acceptors (Lipinski definition) is 6. The quantitative estimate of drug-likeness (QED) is 0.406. The van der Waals surface area contributed by atoms with Gasteiger partial charge in [-0.15, -0.1) is 0 Å². The maximum Gasteiger partial charge on any atom is 0.238 e. The first kappa shape index (κ1) is 30.6. The number of alkyl halides is 2. The number of nitrogens with zero attached hydrogens (tertiary/aromatic N) is 2. The molecule has 2 amide bonds. The van der Waals surface area contributed by atoms with Gasteiger partial charge in [-0.2, -0.15) is 0 Å². The molecule has 12 heteroatoms. The Morgan fingerprint density at radius 1 is 1.26 bits per heavy atom. The number of likely N-dealkylation sites (N-methyl/N-ethyl adjacent to an activating group) is 1. The average Bonchev–Trinajstić information content (AvgIpc) is 3.36. The number of nitrogens with one attached hydrogen (secondary N) is 2. The summed E-state index contributed by atoms with van der Waals surface area (Å²) in [5.41, 5.74) is -2.00. The minimum absolute atomic E-state index is 0.00724. The van der Waals surface area contributed by atoms with Gasteiger partial charge in [0.05, 0.1) is 44.2 Å². The molecule has 1 saturated carbocycles. The van der Waals surface area contributed by atoms with Crippen LogP contribution < -0.4 is 10.6 Å². The highest BCUT2D eigenvalue weighted by Crippen LogP contribution is 2.71. The van der Waals surface area contributed by atoms with Gasteiger partial charge in [0.25, 0.3) is 0 Å². The van der Waals surface area contributed by atoms with E-state index in [1.807, 2.05) is 11.8 Å². The standard InChI is InChI=1S/C31H36Cl2F2N4O4/c1-16-8-23(17(2)40)43-11-22(16)37-27(41)26-25(18-6-7-36-24(33)9-18)31(20-5-4-19(32)10-21(20)38-28(31)42)30(39(26)3)12-29(13-30,14-34)15-35/h4-7,9-10,16-17,22-23,25-26,40H,8,11-15H2,1-3H3,(H,37,41)(H,38,42)/t16?,17-,22?,23+,25+,26-,31-/m1/s1. The van der Waals surface area contributed by atoms with Gasteiger partial charge in [-0.25, -0.2) is 4.98 Å². The van der Waals surface area contributed by atoms with E-state index in [4.69, 9.17) is 27.9 Å². The number of aliphatic hydroxyl groups is 1. The van der Waals surface area contributed by atoms with Crippen molar-refractivity contribution in [3.8, 4) is 0 Å². The number of hydrogen-bond donors (Lipinski definition) is 3. The van der Waals surface area contributed by atoms with Crippen LogP contribution in [0, 0.1) is 11.3 Å². The van der Waals surface area contributed by atoms with E-state index >= 15 is 0 Å². The highest BCUT2D eigenvalue weighted by molar-refractivity contribution is 6.31. The van der Waals surface area contributed by atoms with Gasteiger partial charge in [0.15, 0.2) is 0 Å². The smallest absolute Gasteiger partial charge is 0.238 e. The van der Waals surface area contributed by atoms with Crippen LogP contribution in [0.1, 0.15) is 50.2 Å². The van der Waals surface area contributed by atoms with Crippen LogP contribution in [0.15, 0.2) is 36.5 Å². The third-order valence-corrected chi connectivity index (χ3v) is 11.0. The summed E-state index contributed by atoms with van der Waals surface area (Å²) in [7, 11) is 1.76. The molecule has 0 radical (unpaired) electrons. The fraction of sp³-hybridized carbons (Fsp3) is 0.581. The van der Waals surface area contributed by atoms with Crippen molar-refractivity contribution in [2.45, 2.75) is 74.3 Å². The van der Waals surface area contributed by atoms with Gasteiger partial charge in [0, 0.05) is 33.8 Å². The molecule has 7 atom stereocenters. The number of anilines is 1. The Hall–Kier alpha value is -2.37. The van der Waals surface area contributed by atoms with Crippen molar-refractivity contribution in [1.82, 2.24) is 15.2 Å². The van der Waals surface area contributed by atoms with Crippen LogP contribution in [0.3, 0.4) is 0 Å². The van der Waals surface area contributed by atoms with Crippen LogP contribution in [0.2, 0.25) is 10.2 Å². The lowest BCUT2D eigenvalue weighted by molar-refractivity contribution is -0.147. The maximum absolute atomic E-state index is 14.5. The van der Waals surface area contributed by atoms with Crippen molar-refractivity contribution in [2.75, 3.05) is 32.3 Å². The third kappa shape index (κ3) is 4.42. The molecule has 3 N–H and O–H groups in total. The van der Waals surface area contributed by atoms with Crippen molar-refractivity contribution < 1.29 is 28.2 Å². The maximum atomic E-state index is 14.5. The highest BCUT2D eigenvalue weighted by Gasteiger charge is 2.80. The predicted octanol–water partition coefficient (Wildman–Crippen LogP) is 4.42. The van der Waals surface area contributed by atoms with Gasteiger partial charge >= 0.3 is 0 Å². The molecule has 1 aromatic heterocycles. The molecule has 6 rings (SSSR count). The molecular weight excluding hydrogens is 601 g/mol. The van der Waals surface area contributed by atoms with Crippen LogP contribution in [0.25, 0.3) is 0 Å². The number of amides is 2. The number of aromatic nitrogens is 1. The van der Waals surface area contributed by atoms with Gasteiger partial charge in [-0.3, -0.25) is 23.3 Å². The molecular formula is C31H36Cl2F2N4O4. The first-order chi connectivity index (χ1) is 20.4. The summed E-state index contributed by atoms with van der Waals surface area (Å²) in [6.07, 6.45) is 1.20. The van der Waals surface area contributed by atoms with Crippen LogP contribution in [0.4, 0.5) is 14.5 Å². The molecule has 1 aromatic carbocycles. The number of likely N-dealkylation sites (tertiary alicyclic amines) is 1. The van der Waals surface area contributed by atoms with Gasteiger partial charge < -0.3 is 20.5 Å². The summed E-state index contributed by atoms with van der Waals surface area (Å²) in [5.74, 6) is -1.47. The number of pyridine rings is 1. The normalized spacial score (nSPS) is 33.2. The summed E-state index contributed by atoms with van der Waals surface area (Å²) in [5, 5.41) is 16.8. The Kier molecular flexibility index (Phi) is 7.77. The van der Waals surface area contributed by atoms with E-state index in [0.29, 0.717) is 28.3 Å². The monoisotopic (exact) mass is 636 g/mol. The SMILES string of the molecule is CC1C[C@@H]([C@@H](C)O)OCC1NC(=O)[C@H]1[C@H](c2ccnc(Cl)c2)[C@]2(C(=O)Nc3cc(Cl)ccc32)C2(CC(CF)(CF)C2)N1C. The molecule has 43 heavy (non-hydrogen) atoms. The van der Waals surface area contributed by atoms with E-state index in [1.165, 1.54) is 6.20 Å². The molecule has 3 fully saturated rings. The number of aliphatic hydroxyl groups excluding tert-OH is 1. The Labute approximate surface area is 259 Å². The topological polar surface area (TPSA) is 104 Å². The van der Waals surface area contributed by atoms with E-state index in [2.05, 4.69) is 15.6 Å². The molecule has 4 heterocycles. The van der Waals surface area contributed by atoms with Crippen molar-refractivity contribution in [3.63, 3.8) is 0 Å². The molecule has 1 aliphatic carbocycles. The highest BCUT2D eigenvalue weighted by atomic mass is 35.5. The molecule has 4 aliphatic rings. The Balaban J connectivity index is 1.50. The molecule has 2 saturated heterocycles. The number of ether oxygens (including phenoxy) is 1. The van der Waals surface area contributed by atoms with Crippen molar-refractivity contribution >= 4 is 40.7 Å². The molecule has 0 bridgehead atoms. The molecule has 8 nitrogen and oxygen atoms in total. The van der Waals surface area contributed by atoms with Crippen LogP contribution >= 0.6 is 23.2 Å². The predicted molar refractivity (Wildman–Crippen MR) is 159 cm³/mol. The number of fused-ring (bicyclic) bond motifs is 3. The fourth-order valence-corrected chi connectivity index (χ4v) is 8.82. The lowest BCUT2D eigenvalue weighted by Crippen LogP contribution is -2.70. The molecule has 3 aliphatic heterocycles. The average molecular weight is 638 g/mol. The van der Waals surface area contributed by atoms with Crippen LogP contribution in [0.5, 0.6) is 0 Å². The zero-order valence-corrected chi connectivity index (χ0v) is 25.8. The van der Waals surface area contributed by atoms with Crippen molar-refractivity contribution in [3.05, 3.63) is 57.8 Å². The lowest BCUT2D eigenvalue weighted by Gasteiger charge is -2.61. The van der Waals surface area contributed by atoms with E-state index < -0.39 is 47.8 Å². The fourth-order valence-electron chi connectivity index (χ4n) is 8.46. The second kappa shape index (κ2) is 10.9. The van der Waals surface area contributed by atoms with Gasteiger partial charge in [-0.1, -0.05) is 36.2 Å². The first-order valence-electron chi connectivity index (χ1n) is 14.6. The minimum atomic E-state index is -1.39. The molecule has 2 spiro atoms. The number of carbonyl (C=O) groups is 2. The second-order valence-corrected chi connectivity index (χ2v) is 13.8. The summed E-state index contributed by atoms with van der Waals surface area (Å²) in [6.45, 7) is 2.13. The number of rotatable bonds is 6. The molecule has 2 unspecified atom stereocenters. The summed E-state index contributed by atoms with van der Waals surface area (Å²) >= 11 is 12.7. The minimum Gasteiger partial charge on any atom is -0.391 e. The number of carbonyl (C=O) groups excluding carboxylic acids is 2. The molecule has 2 aromatic rings. The van der Waals surface area contributed by atoms with Gasteiger partial charge in [0.1, 0.15) is 10.6 Å². The Bertz CT molecular complexity index is 1430. The summed E-state index contributed by atoms with van der Waals surface area (Å²) in [4.78, 5) is 35.0. The van der Waals surface area contributed by atoms with Crippen molar-refractivity contribution in [2.24, 2.45) is 11.3 Å². The van der Waals surface area contributed by atoms with E-state index in [0.717, 1.165) is 0 Å². The van der Waals surface area contributed by atoms with E-state index in [1.54, 1.807) is 44.3 Å². The van der Waals surface area contributed by atoms with Crippen LogP contribution in [-0.2, 0) is 19.7 Å². The van der Waals surface area contributed by atoms with E-state index in [-0.39, 0.29) is 54.5 Å². The summed E-state index contributed by atoms with van der Waals surface area (Å²) in [6, 6.07) is 7.27. The third-order valence-electron chi connectivity index (χ3n) is 10.5. The van der Waals surface area contributed by atoms with Crippen LogP contribution in [-0.4, -0.2) is 83.6 Å². The zero-order valence-electron chi connectivity index (χ0n) is 24.2. The zero-order chi connectivity index (χ0) is 30.9. The summed E-state index contributed by atoms with van der Waals surface area (Å²) < 4.78 is 34.7. The van der Waals surface area contributed by atoms with Gasteiger partial charge in [-0.05, 0) is 74.5 Å². The number of benzene rings is 1. The molecule has 232 valence electrons. The number of halogens is 4. The van der Waals surface area contributed by atoms with Gasteiger partial charge in [0.2, 0.25) is 11.8 Å². The Morgan fingerprint density at radius 3 is 2.60 bits per heavy atom. The van der Waals surface area contributed by atoms with E-state index in [9.17, 15) is 23.5 Å². The lowest BCUT2D eigenvalue weighted by atomic mass is 9.45. The second-order valence-electron chi connectivity index (χ2n) is 13.0.